The van der Waals surface area contributed by atoms with E-state index in [4.69, 9.17) is 5.50 Å². The van der Waals surface area contributed by atoms with Gasteiger partial charge in [-0.1, -0.05) is 0 Å². The summed E-state index contributed by atoms with van der Waals surface area (Å²) in [6.07, 6.45) is 0. The van der Waals surface area contributed by atoms with Crippen molar-refractivity contribution in [2.45, 2.75) is 0 Å². The molecule has 6 rings (SSSR count). The molecule has 0 unspecified atom stereocenters. The van der Waals surface area contributed by atoms with E-state index in [0.29, 0.717) is 0 Å². The predicted octanol–water partition coefficient (Wildman–Crippen LogP) is 9.87. The summed E-state index contributed by atoms with van der Waals surface area (Å²) in [5.41, 5.74) is 14.3. The molecule has 0 saturated heterocycles. The molecule has 0 fully saturated rings. The molecule has 202 valence electrons. The molecule has 4 nitrogen and oxygen atoms in total. The quantitative estimate of drug-likeness (QED) is 0.181. The molecule has 0 amide bonds. The third-order valence-corrected chi connectivity index (χ3v) is 10.6. The first-order valence-electron chi connectivity index (χ1n) is 13.8. The number of rotatable bonds is 9. The third-order valence-electron chi connectivity index (χ3n) is 7.07. The van der Waals surface area contributed by atoms with Crippen molar-refractivity contribution in [1.29, 1.82) is 0 Å². The molecule has 5 heteroatoms. The minimum absolute atomic E-state index is 1.02. The van der Waals surface area contributed by atoms with Crippen LogP contribution in [0.25, 0.3) is 0 Å². The fourth-order valence-electron chi connectivity index (χ4n) is 5.35. The van der Waals surface area contributed by atoms with E-state index in [2.05, 4.69) is 160 Å². The van der Waals surface area contributed by atoms with Gasteiger partial charge in [-0.05, 0) is 0 Å². The molecule has 0 bridgehead atoms. The van der Waals surface area contributed by atoms with Gasteiger partial charge >= 0.3 is 243 Å². The van der Waals surface area contributed by atoms with Crippen LogP contribution in [-0.4, -0.2) is 0 Å². The molecule has 0 saturated carbocycles. The summed E-state index contributed by atoms with van der Waals surface area (Å²) in [6, 6.07) is 62.9. The van der Waals surface area contributed by atoms with E-state index in [0.717, 1.165) is 34.1 Å². The Bertz CT molecular complexity index is 1320. The van der Waals surface area contributed by atoms with Gasteiger partial charge in [0.15, 0.2) is 0 Å². The molecule has 0 aromatic heterocycles. The third kappa shape index (κ3) is 5.31. The topological polar surface area (TPSA) is 35.7 Å². The minimum atomic E-state index is -3.58. The normalized spacial score (nSPS) is 11.4. The Morgan fingerprint density at radius 3 is 0.561 bits per heavy atom. The van der Waals surface area contributed by atoms with Crippen molar-refractivity contribution in [2.24, 2.45) is 5.50 Å². The van der Waals surface area contributed by atoms with E-state index in [-0.39, 0.29) is 0 Å². The molecule has 0 aliphatic heterocycles. The summed E-state index contributed by atoms with van der Waals surface area (Å²) >= 11 is 0. The predicted molar refractivity (Wildman–Crippen MR) is 178 cm³/mol. The Morgan fingerprint density at radius 2 is 0.415 bits per heavy atom. The molecule has 6 aromatic rings. The van der Waals surface area contributed by atoms with Gasteiger partial charge in [-0.25, -0.2) is 0 Å². The van der Waals surface area contributed by atoms with Crippen LogP contribution >= 0.6 is 7.87 Å². The molecule has 0 aliphatic rings. The molecule has 2 N–H and O–H groups in total. The number of hydrogen-bond donors (Lipinski definition) is 1. The Kier molecular flexibility index (Phi) is 7.77. The van der Waals surface area contributed by atoms with Crippen LogP contribution < -0.4 is 19.5 Å². The van der Waals surface area contributed by atoms with Crippen LogP contribution in [0.1, 0.15) is 0 Å². The van der Waals surface area contributed by atoms with Gasteiger partial charge in [0.05, 0.1) is 0 Å². The van der Waals surface area contributed by atoms with Gasteiger partial charge < -0.3 is 0 Å². The fourth-order valence-corrected chi connectivity index (χ4v) is 9.12. The van der Waals surface area contributed by atoms with Crippen LogP contribution in [0.15, 0.2) is 182 Å². The van der Waals surface area contributed by atoms with Crippen LogP contribution in [-0.2, 0) is 0 Å². The van der Waals surface area contributed by atoms with Gasteiger partial charge in [0, 0.05) is 0 Å². The van der Waals surface area contributed by atoms with Crippen molar-refractivity contribution in [3.63, 3.8) is 0 Å². The number of anilines is 6. The molecule has 41 heavy (non-hydrogen) atoms. The first-order valence-corrected chi connectivity index (χ1v) is 15.7. The monoisotopic (exact) mass is 552 g/mol. The van der Waals surface area contributed by atoms with Gasteiger partial charge in [-0.3, -0.25) is 0 Å². The number of nitrogens with two attached hydrogens (primary N) is 1. The number of hydrogen-bond acceptors (Lipinski definition) is 4. The Balaban J connectivity index is 1.75. The zero-order valence-electron chi connectivity index (χ0n) is 22.7. The summed E-state index contributed by atoms with van der Waals surface area (Å²) in [4.78, 5) is 0. The van der Waals surface area contributed by atoms with Crippen molar-refractivity contribution in [3.8, 4) is 0 Å². The van der Waals surface area contributed by atoms with Crippen molar-refractivity contribution < 1.29 is 0 Å². The molecule has 0 atom stereocenters. The summed E-state index contributed by atoms with van der Waals surface area (Å²) in [7, 11) is -3.58. The molecular formula is C36H33N4P. The molecule has 0 heterocycles. The first kappa shape index (κ1) is 26.3. The first-order chi connectivity index (χ1) is 20.3. The van der Waals surface area contributed by atoms with Gasteiger partial charge in [-0.15, -0.1) is 0 Å². The van der Waals surface area contributed by atoms with E-state index in [1.54, 1.807) is 0 Å². The second-order valence-corrected chi connectivity index (χ2v) is 12.4. The van der Waals surface area contributed by atoms with Crippen LogP contribution in [0.5, 0.6) is 0 Å². The zero-order valence-corrected chi connectivity index (χ0v) is 23.7. The van der Waals surface area contributed by atoms with E-state index in [9.17, 15) is 0 Å². The van der Waals surface area contributed by atoms with E-state index in [1.165, 1.54) is 0 Å². The summed E-state index contributed by atoms with van der Waals surface area (Å²) in [5, 5.41) is 0. The van der Waals surface area contributed by atoms with Gasteiger partial charge in [0.1, 0.15) is 0 Å². The number of nitrogens with zero attached hydrogens (tertiary/aromatic N) is 3. The molecule has 6 aromatic carbocycles. The number of para-hydroxylation sites is 6. The average Bonchev–Trinajstić information content (AvgIpc) is 3.04. The summed E-state index contributed by atoms with van der Waals surface area (Å²) < 4.78 is 7.06. The van der Waals surface area contributed by atoms with Crippen LogP contribution in [0.4, 0.5) is 34.1 Å². The Morgan fingerprint density at radius 1 is 0.268 bits per heavy atom. The molecule has 0 spiro atoms. The summed E-state index contributed by atoms with van der Waals surface area (Å²) in [6.45, 7) is 0. The van der Waals surface area contributed by atoms with Crippen LogP contribution in [0.3, 0.4) is 0 Å². The van der Waals surface area contributed by atoms with Gasteiger partial charge in [0.2, 0.25) is 0 Å². The second-order valence-electron chi connectivity index (χ2n) is 9.71. The van der Waals surface area contributed by atoms with Gasteiger partial charge in [-0.2, -0.15) is 0 Å². The van der Waals surface area contributed by atoms with Crippen molar-refractivity contribution in [2.75, 3.05) is 14.0 Å². The maximum atomic E-state index is 8.24. The standard InChI is InChI=1S/C36H33N4P/c37-41(38(31-19-7-1-8-20-31)32-21-9-2-10-22-32,39(33-23-11-3-12-24-33)34-25-13-4-14-26-34)40(35-27-15-5-16-28-35)36-29-17-6-18-30-36/h1-30,41H,37H2. The van der Waals surface area contributed by atoms with E-state index in [1.807, 2.05) is 36.4 Å². The molecular weight excluding hydrogens is 519 g/mol. The second kappa shape index (κ2) is 12.1. The van der Waals surface area contributed by atoms with Gasteiger partial charge in [0.25, 0.3) is 0 Å². The maximum absolute atomic E-state index is 8.24. The number of benzene rings is 6. The summed E-state index contributed by atoms with van der Waals surface area (Å²) in [5.74, 6) is 0. The fraction of sp³-hybridized carbons (Fsp3) is 0. The Hall–Kier alpha value is -4.89. The molecule has 0 aliphatic carbocycles. The van der Waals surface area contributed by atoms with Crippen LogP contribution in [0, 0.1) is 0 Å². The Labute approximate surface area is 243 Å². The average molecular weight is 553 g/mol. The van der Waals surface area contributed by atoms with Crippen molar-refractivity contribution in [1.82, 2.24) is 0 Å². The van der Waals surface area contributed by atoms with Crippen molar-refractivity contribution in [3.05, 3.63) is 182 Å². The van der Waals surface area contributed by atoms with Crippen LogP contribution in [0.2, 0.25) is 0 Å². The molecule has 0 radical (unpaired) electrons. The van der Waals surface area contributed by atoms with Crippen molar-refractivity contribution >= 4 is 42.0 Å². The zero-order chi connectivity index (χ0) is 27.9. The SMILES string of the molecule is N[PH](N(c1ccccc1)c1ccccc1)(N(c1ccccc1)c1ccccc1)N(c1ccccc1)c1ccccc1. The van der Waals surface area contributed by atoms with E-state index < -0.39 is 7.87 Å². The van der Waals surface area contributed by atoms with E-state index >= 15 is 0 Å².